The van der Waals surface area contributed by atoms with Crippen molar-refractivity contribution in [3.63, 3.8) is 0 Å². The fourth-order valence-corrected chi connectivity index (χ4v) is 1.39. The van der Waals surface area contributed by atoms with Crippen molar-refractivity contribution < 1.29 is 67.6 Å². The van der Waals surface area contributed by atoms with Gasteiger partial charge in [0.05, 0.1) is 13.2 Å². The fraction of sp³-hybridized carbons (Fsp3) is 1.00. The van der Waals surface area contributed by atoms with E-state index in [9.17, 15) is 43.9 Å². The molecule has 0 aliphatic rings. The number of azide groups is 2. The zero-order chi connectivity index (χ0) is 25.1. The smallest absolute Gasteiger partial charge is 0.372 e. The number of rotatable bonds is 17. The first-order valence-electron chi connectivity index (χ1n) is 7.66. The van der Waals surface area contributed by atoms with Gasteiger partial charge in [0.2, 0.25) is 0 Å². The molecule has 0 aliphatic carbocycles. The zero-order valence-corrected chi connectivity index (χ0v) is 15.2. The van der Waals surface area contributed by atoms with Crippen LogP contribution in [0.2, 0.25) is 0 Å². The van der Waals surface area contributed by atoms with Crippen LogP contribution < -0.4 is 0 Å². The van der Waals surface area contributed by atoms with Gasteiger partial charge in [-0.05, 0) is 11.1 Å². The molecule has 0 atom stereocenters. The summed E-state index contributed by atoms with van der Waals surface area (Å²) in [6.07, 6.45) is -29.6. The average Bonchev–Trinajstić information content (AvgIpc) is 2.58. The molecule has 186 valence electrons. The van der Waals surface area contributed by atoms with Gasteiger partial charge < -0.3 is 9.47 Å². The lowest BCUT2D eigenvalue weighted by Crippen LogP contribution is -2.54. The highest BCUT2D eigenvalue weighted by Crippen LogP contribution is 2.44. The Balaban J connectivity index is 4.97. The van der Waals surface area contributed by atoms with Crippen LogP contribution in [-0.4, -0.2) is 70.2 Å². The van der Waals surface area contributed by atoms with Gasteiger partial charge in [0.25, 0.3) is 0 Å². The van der Waals surface area contributed by atoms with Gasteiger partial charge in [0.1, 0.15) is 13.2 Å². The van der Waals surface area contributed by atoms with Crippen molar-refractivity contribution in [2.45, 2.75) is 30.7 Å². The molecule has 11 nitrogen and oxygen atoms in total. The van der Waals surface area contributed by atoms with Gasteiger partial charge in [-0.2, -0.15) is 35.1 Å². The van der Waals surface area contributed by atoms with Crippen molar-refractivity contribution >= 4 is 0 Å². The van der Waals surface area contributed by atoms with Crippen LogP contribution in [0, 0.1) is 0 Å². The molecule has 0 heterocycles. The molecule has 0 rings (SSSR count). The lowest BCUT2D eigenvalue weighted by atomic mass is 10.5. The summed E-state index contributed by atoms with van der Waals surface area (Å²) >= 11 is 0. The highest BCUT2D eigenvalue weighted by molar-refractivity contribution is 4.71. The van der Waals surface area contributed by atoms with Crippen LogP contribution in [0.25, 0.3) is 20.9 Å². The molecule has 0 N–H and O–H groups in total. The minimum absolute atomic E-state index is 0.537. The summed E-state index contributed by atoms with van der Waals surface area (Å²) in [6.45, 7) is -6.79. The standard InChI is InChI=1S/C11H12F10N6O5/c12-7(13,5-28-3-1-24-26-22)30-9(16,17)10(18,19)32-11(20,21)31-8(14,15)6-29-4-2-25-27-23/h1-6H2. The van der Waals surface area contributed by atoms with Crippen LogP contribution >= 0.6 is 0 Å². The van der Waals surface area contributed by atoms with Crippen LogP contribution in [0.3, 0.4) is 0 Å². The van der Waals surface area contributed by atoms with Crippen LogP contribution in [0.5, 0.6) is 0 Å². The van der Waals surface area contributed by atoms with E-state index >= 15 is 0 Å². The summed E-state index contributed by atoms with van der Waals surface area (Å²) < 4.78 is 147. The van der Waals surface area contributed by atoms with E-state index in [0.717, 1.165) is 0 Å². The molecule has 0 unspecified atom stereocenters. The number of hydrogen-bond acceptors (Lipinski definition) is 7. The van der Waals surface area contributed by atoms with Crippen molar-refractivity contribution in [2.24, 2.45) is 10.2 Å². The lowest BCUT2D eigenvalue weighted by molar-refractivity contribution is -0.566. The molecular formula is C11H12F10N6O5. The molecule has 0 spiro atoms. The largest absolute Gasteiger partial charge is 0.495 e. The number of alkyl halides is 10. The average molecular weight is 498 g/mol. The topological polar surface area (TPSA) is 144 Å². The normalized spacial score (nSPS) is 13.4. The molecule has 0 fully saturated rings. The Morgan fingerprint density at radius 3 is 1.38 bits per heavy atom. The van der Waals surface area contributed by atoms with Gasteiger partial charge in [0, 0.05) is 22.9 Å². The first-order chi connectivity index (χ1) is 14.5. The molecule has 32 heavy (non-hydrogen) atoms. The van der Waals surface area contributed by atoms with Crippen LogP contribution in [0.4, 0.5) is 43.9 Å². The monoisotopic (exact) mass is 498 g/mol. The van der Waals surface area contributed by atoms with Gasteiger partial charge in [0.15, 0.2) is 0 Å². The van der Waals surface area contributed by atoms with E-state index in [2.05, 4.69) is 43.7 Å². The highest BCUT2D eigenvalue weighted by atomic mass is 19.3. The third kappa shape index (κ3) is 11.9. The second kappa shape index (κ2) is 12.1. The number of halogens is 10. The Labute approximate surface area is 170 Å². The Morgan fingerprint density at radius 2 is 0.969 bits per heavy atom. The van der Waals surface area contributed by atoms with Crippen molar-refractivity contribution in [3.05, 3.63) is 20.9 Å². The molecule has 0 bridgehead atoms. The molecule has 0 saturated heterocycles. The Kier molecular flexibility index (Phi) is 11.2. The van der Waals surface area contributed by atoms with Gasteiger partial charge in [-0.1, -0.05) is 10.2 Å². The predicted octanol–water partition coefficient (Wildman–Crippen LogP) is 4.61. The van der Waals surface area contributed by atoms with Gasteiger partial charge in [-0.15, -0.1) is 8.78 Å². The molecule has 0 radical (unpaired) electrons. The summed E-state index contributed by atoms with van der Waals surface area (Å²) in [4.78, 5) is 4.37. The fourth-order valence-electron chi connectivity index (χ4n) is 1.39. The summed E-state index contributed by atoms with van der Waals surface area (Å²) in [5.74, 6) is 0. The molecule has 0 aromatic rings. The maximum Gasteiger partial charge on any atom is 0.495 e. The van der Waals surface area contributed by atoms with E-state index in [0.29, 0.717) is 0 Å². The molecule has 0 saturated carbocycles. The lowest BCUT2D eigenvalue weighted by Gasteiger charge is -2.31. The first kappa shape index (κ1) is 29.7. The molecule has 0 aliphatic heterocycles. The summed E-state index contributed by atoms with van der Waals surface area (Å²) in [5, 5.41) is 5.62. The minimum Gasteiger partial charge on any atom is -0.372 e. The molecule has 0 aromatic carbocycles. The maximum atomic E-state index is 13.3. The van der Waals surface area contributed by atoms with E-state index in [-0.39, 0.29) is 0 Å². The summed E-state index contributed by atoms with van der Waals surface area (Å²) in [6, 6.07) is 0. The highest BCUT2D eigenvalue weighted by Gasteiger charge is 2.68. The minimum atomic E-state index is -6.62. The van der Waals surface area contributed by atoms with E-state index < -0.39 is 70.2 Å². The first-order valence-corrected chi connectivity index (χ1v) is 7.66. The molecule has 0 aromatic heterocycles. The third-order valence-electron chi connectivity index (χ3n) is 2.47. The maximum absolute atomic E-state index is 13.3. The molecule has 0 amide bonds. The van der Waals surface area contributed by atoms with Crippen LogP contribution in [0.15, 0.2) is 10.2 Å². The van der Waals surface area contributed by atoms with Crippen molar-refractivity contribution in [2.75, 3.05) is 39.5 Å². The SMILES string of the molecule is [N-]=[N+]=NCCOCC(F)(F)OC(F)(F)OC(F)(F)C(F)(F)OC(F)(F)COCCN=[N+]=[N-]. The number of hydrogen-bond donors (Lipinski definition) is 0. The van der Waals surface area contributed by atoms with Crippen molar-refractivity contribution in [1.29, 1.82) is 0 Å². The molecule has 21 heteroatoms. The van der Waals surface area contributed by atoms with Gasteiger partial charge >= 0.3 is 30.7 Å². The van der Waals surface area contributed by atoms with Gasteiger partial charge in [-0.3, -0.25) is 0 Å². The Bertz CT molecular complexity index is 687. The van der Waals surface area contributed by atoms with Gasteiger partial charge in [-0.25, -0.2) is 14.2 Å². The second-order valence-electron chi connectivity index (χ2n) is 5.09. The summed E-state index contributed by atoms with van der Waals surface area (Å²) in [5.41, 5.74) is 15.8. The Hall–Kier alpha value is -2.28. The van der Waals surface area contributed by atoms with E-state index in [1.807, 2.05) is 0 Å². The quantitative estimate of drug-likeness (QED) is 0.0718. The van der Waals surface area contributed by atoms with Crippen molar-refractivity contribution in [3.8, 4) is 0 Å². The molecular weight excluding hydrogens is 486 g/mol. The number of nitrogens with zero attached hydrogens (tertiary/aromatic N) is 6. The number of ether oxygens (including phenoxy) is 5. The third-order valence-corrected chi connectivity index (χ3v) is 2.47. The van der Waals surface area contributed by atoms with E-state index in [1.54, 1.807) is 0 Å². The second-order valence-corrected chi connectivity index (χ2v) is 5.09. The van der Waals surface area contributed by atoms with Crippen LogP contribution in [-0.2, 0) is 23.7 Å². The van der Waals surface area contributed by atoms with Crippen molar-refractivity contribution in [1.82, 2.24) is 0 Å². The van der Waals surface area contributed by atoms with E-state index in [1.165, 1.54) is 0 Å². The van der Waals surface area contributed by atoms with E-state index in [4.69, 9.17) is 11.1 Å². The summed E-state index contributed by atoms with van der Waals surface area (Å²) in [7, 11) is 0. The Morgan fingerprint density at radius 1 is 0.594 bits per heavy atom. The van der Waals surface area contributed by atoms with Crippen LogP contribution in [0.1, 0.15) is 0 Å². The predicted molar refractivity (Wildman–Crippen MR) is 77.7 cm³/mol. The zero-order valence-electron chi connectivity index (χ0n) is 15.2.